The molecule has 0 aliphatic carbocycles. The van der Waals surface area contributed by atoms with Gasteiger partial charge in [-0.05, 0) is 25.0 Å². The van der Waals surface area contributed by atoms with E-state index in [0.717, 1.165) is 30.6 Å². The smallest absolute Gasteiger partial charge is 0.261 e. The highest BCUT2D eigenvalue weighted by molar-refractivity contribution is 7.91. The average Bonchev–Trinajstić information content (AvgIpc) is 3.33. The number of primary amides is 1. The van der Waals surface area contributed by atoms with Crippen molar-refractivity contribution in [1.29, 1.82) is 0 Å². The molecule has 0 bridgehead atoms. The van der Waals surface area contributed by atoms with Crippen LogP contribution >= 0.6 is 11.3 Å². The van der Waals surface area contributed by atoms with Crippen LogP contribution in [-0.4, -0.2) is 52.2 Å². The van der Waals surface area contributed by atoms with Crippen molar-refractivity contribution >= 4 is 43.8 Å². The lowest BCUT2D eigenvalue weighted by Gasteiger charge is -2.25. The normalized spacial score (nSPS) is 15.4. The van der Waals surface area contributed by atoms with E-state index in [4.69, 9.17) is 5.73 Å². The van der Waals surface area contributed by atoms with Crippen molar-refractivity contribution in [2.75, 3.05) is 18.4 Å². The number of rotatable bonds is 5. The maximum absolute atomic E-state index is 12.9. The molecule has 3 aromatic rings. The fraction of sp³-hybridized carbons (Fsp3) is 0.294. The van der Waals surface area contributed by atoms with E-state index in [1.54, 1.807) is 12.3 Å². The molecular weight excluding hydrogens is 416 g/mol. The van der Waals surface area contributed by atoms with E-state index in [1.165, 1.54) is 27.3 Å². The summed E-state index contributed by atoms with van der Waals surface area (Å²) < 4.78 is 28.6. The molecule has 4 rings (SSSR count). The summed E-state index contributed by atoms with van der Waals surface area (Å²) in [6.07, 6.45) is 7.08. The Morgan fingerprint density at radius 3 is 2.66 bits per heavy atom. The molecule has 152 valence electrons. The molecule has 29 heavy (non-hydrogen) atoms. The van der Waals surface area contributed by atoms with Gasteiger partial charge in [0, 0.05) is 25.5 Å². The molecule has 0 saturated carbocycles. The number of carbonyl (C=O) groups excluding carboxylic acids is 2. The van der Waals surface area contributed by atoms with Crippen LogP contribution in [0.1, 0.15) is 40.0 Å². The SMILES string of the molecule is NC(=O)c1cc(S(=O)(=O)N2CCCCC2)sc1NC(=O)c1cnn2cccnc12. The number of anilines is 1. The highest BCUT2D eigenvalue weighted by Crippen LogP contribution is 2.34. The minimum atomic E-state index is -3.76. The molecule has 3 aromatic heterocycles. The van der Waals surface area contributed by atoms with Gasteiger partial charge in [0.2, 0.25) is 0 Å². The third-order valence-electron chi connectivity index (χ3n) is 4.64. The first-order valence-corrected chi connectivity index (χ1v) is 11.2. The first kappa shape index (κ1) is 19.5. The number of nitrogens with two attached hydrogens (primary N) is 1. The third-order valence-corrected chi connectivity index (χ3v) is 8.03. The number of amides is 2. The van der Waals surface area contributed by atoms with Gasteiger partial charge in [-0.25, -0.2) is 17.9 Å². The molecule has 0 spiro atoms. The summed E-state index contributed by atoms with van der Waals surface area (Å²) in [7, 11) is -3.76. The number of sulfonamides is 1. The zero-order valence-corrected chi connectivity index (χ0v) is 16.9. The molecule has 0 unspecified atom stereocenters. The Morgan fingerprint density at radius 2 is 1.93 bits per heavy atom. The van der Waals surface area contributed by atoms with E-state index < -0.39 is 21.8 Å². The van der Waals surface area contributed by atoms with Crippen LogP contribution in [0.5, 0.6) is 0 Å². The second kappa shape index (κ2) is 7.54. The van der Waals surface area contributed by atoms with Crippen molar-refractivity contribution in [2.45, 2.75) is 23.5 Å². The Kier molecular flexibility index (Phi) is 5.06. The Morgan fingerprint density at radius 1 is 1.17 bits per heavy atom. The number of hydrogen-bond acceptors (Lipinski definition) is 7. The predicted molar refractivity (Wildman–Crippen MR) is 106 cm³/mol. The topological polar surface area (TPSA) is 140 Å². The van der Waals surface area contributed by atoms with Gasteiger partial charge in [-0.3, -0.25) is 9.59 Å². The van der Waals surface area contributed by atoms with Crippen LogP contribution in [0.25, 0.3) is 5.65 Å². The average molecular weight is 435 g/mol. The molecular formula is C17H18N6O4S2. The molecule has 1 aliphatic rings. The van der Waals surface area contributed by atoms with Gasteiger partial charge in [0.1, 0.15) is 14.8 Å². The Hall–Kier alpha value is -2.83. The summed E-state index contributed by atoms with van der Waals surface area (Å²) in [4.78, 5) is 28.7. The molecule has 0 aromatic carbocycles. The molecule has 0 radical (unpaired) electrons. The fourth-order valence-electron chi connectivity index (χ4n) is 3.16. The van der Waals surface area contributed by atoms with Gasteiger partial charge in [0.15, 0.2) is 5.65 Å². The Labute approximate surface area is 170 Å². The minimum absolute atomic E-state index is 0.0264. The van der Waals surface area contributed by atoms with Gasteiger partial charge in [0.25, 0.3) is 21.8 Å². The summed E-state index contributed by atoms with van der Waals surface area (Å²) in [6.45, 7) is 0.865. The van der Waals surface area contributed by atoms with E-state index in [0.29, 0.717) is 18.7 Å². The van der Waals surface area contributed by atoms with Crippen molar-refractivity contribution < 1.29 is 18.0 Å². The van der Waals surface area contributed by atoms with E-state index in [-0.39, 0.29) is 20.3 Å². The van der Waals surface area contributed by atoms with E-state index >= 15 is 0 Å². The Bertz CT molecular complexity index is 1190. The number of fused-ring (bicyclic) bond motifs is 1. The Balaban J connectivity index is 1.67. The largest absolute Gasteiger partial charge is 0.366 e. The van der Waals surface area contributed by atoms with Crippen LogP contribution in [0.2, 0.25) is 0 Å². The lowest BCUT2D eigenvalue weighted by molar-refractivity contribution is 0.100. The zero-order valence-electron chi connectivity index (χ0n) is 15.2. The van der Waals surface area contributed by atoms with Crippen LogP contribution in [0, 0.1) is 0 Å². The summed E-state index contributed by atoms with van der Waals surface area (Å²) in [5, 5.41) is 6.71. The standard InChI is InChI=1S/C17H18N6O4S2/c18-14(24)11-9-13(29(26,27)22-6-2-1-3-7-22)28-17(11)21-16(25)12-10-20-23-8-4-5-19-15(12)23/h4-5,8-10H,1-3,6-7H2,(H2,18,24)(H,21,25). The van der Waals surface area contributed by atoms with Crippen LogP contribution in [-0.2, 0) is 10.0 Å². The number of nitrogens with one attached hydrogen (secondary N) is 1. The summed E-state index contributed by atoms with van der Waals surface area (Å²) >= 11 is 0.809. The van der Waals surface area contributed by atoms with Gasteiger partial charge >= 0.3 is 0 Å². The number of aromatic nitrogens is 3. The zero-order chi connectivity index (χ0) is 20.6. The molecule has 0 atom stereocenters. The van der Waals surface area contributed by atoms with Crippen LogP contribution in [0.15, 0.2) is 34.9 Å². The predicted octanol–water partition coefficient (Wildman–Crippen LogP) is 1.32. The van der Waals surface area contributed by atoms with E-state index in [2.05, 4.69) is 15.4 Å². The van der Waals surface area contributed by atoms with Gasteiger partial charge < -0.3 is 11.1 Å². The van der Waals surface area contributed by atoms with Crippen molar-refractivity contribution in [1.82, 2.24) is 18.9 Å². The quantitative estimate of drug-likeness (QED) is 0.621. The van der Waals surface area contributed by atoms with Gasteiger partial charge in [-0.15, -0.1) is 11.3 Å². The maximum atomic E-state index is 12.9. The molecule has 12 heteroatoms. The first-order chi connectivity index (χ1) is 13.9. The highest BCUT2D eigenvalue weighted by Gasteiger charge is 2.30. The number of hydrogen-bond donors (Lipinski definition) is 2. The number of thiophene rings is 1. The summed E-state index contributed by atoms with van der Waals surface area (Å²) in [6, 6.07) is 2.89. The van der Waals surface area contributed by atoms with Crippen molar-refractivity contribution in [3.63, 3.8) is 0 Å². The molecule has 3 N–H and O–H groups in total. The molecule has 10 nitrogen and oxygen atoms in total. The minimum Gasteiger partial charge on any atom is -0.366 e. The van der Waals surface area contributed by atoms with Crippen LogP contribution in [0.3, 0.4) is 0 Å². The number of carbonyl (C=O) groups is 2. The summed E-state index contributed by atoms with van der Waals surface area (Å²) in [5.41, 5.74) is 5.89. The molecule has 1 aliphatic heterocycles. The highest BCUT2D eigenvalue weighted by atomic mass is 32.2. The van der Waals surface area contributed by atoms with Crippen molar-refractivity contribution in [3.05, 3.63) is 41.9 Å². The second-order valence-corrected chi connectivity index (χ2v) is 9.75. The molecule has 2 amide bonds. The first-order valence-electron chi connectivity index (χ1n) is 8.91. The van der Waals surface area contributed by atoms with Crippen LogP contribution in [0.4, 0.5) is 5.00 Å². The maximum Gasteiger partial charge on any atom is 0.261 e. The monoisotopic (exact) mass is 434 g/mol. The molecule has 1 fully saturated rings. The number of piperidine rings is 1. The molecule has 4 heterocycles. The van der Waals surface area contributed by atoms with E-state index in [1.807, 2.05) is 0 Å². The lowest BCUT2D eigenvalue weighted by atomic mass is 10.2. The lowest BCUT2D eigenvalue weighted by Crippen LogP contribution is -2.35. The van der Waals surface area contributed by atoms with Crippen LogP contribution < -0.4 is 11.1 Å². The summed E-state index contributed by atoms with van der Waals surface area (Å²) in [5.74, 6) is -1.39. The molecule has 1 saturated heterocycles. The second-order valence-electron chi connectivity index (χ2n) is 6.54. The van der Waals surface area contributed by atoms with Crippen molar-refractivity contribution in [3.8, 4) is 0 Å². The van der Waals surface area contributed by atoms with Gasteiger partial charge in [0.05, 0.1) is 11.8 Å². The van der Waals surface area contributed by atoms with Crippen molar-refractivity contribution in [2.24, 2.45) is 5.73 Å². The van der Waals surface area contributed by atoms with Gasteiger partial charge in [-0.2, -0.15) is 9.40 Å². The van der Waals surface area contributed by atoms with E-state index in [9.17, 15) is 18.0 Å². The third kappa shape index (κ3) is 3.61. The number of nitrogens with zero attached hydrogens (tertiary/aromatic N) is 4. The fourth-order valence-corrected chi connectivity index (χ4v) is 6.20. The van der Waals surface area contributed by atoms with Gasteiger partial charge in [-0.1, -0.05) is 6.42 Å².